The lowest BCUT2D eigenvalue weighted by molar-refractivity contribution is 0.583. The lowest BCUT2D eigenvalue weighted by Gasteiger charge is -2.09. The molecule has 118 valence electrons. The van der Waals surface area contributed by atoms with Gasteiger partial charge < -0.3 is 15.9 Å². The zero-order chi connectivity index (χ0) is 16.7. The van der Waals surface area contributed by atoms with Crippen molar-refractivity contribution in [1.29, 1.82) is 0 Å². The van der Waals surface area contributed by atoms with Gasteiger partial charge in [0.15, 0.2) is 5.65 Å². The molecule has 0 aliphatic heterocycles. The number of nitrogens with two attached hydrogens (primary N) is 2. The van der Waals surface area contributed by atoms with Crippen molar-refractivity contribution >= 4 is 22.5 Å². The van der Waals surface area contributed by atoms with E-state index in [2.05, 4.69) is 15.0 Å². The third kappa shape index (κ3) is 2.28. The minimum Gasteiger partial charge on any atom is -0.464 e. The van der Waals surface area contributed by atoms with Crippen LogP contribution < -0.4 is 17.2 Å². The van der Waals surface area contributed by atoms with Crippen LogP contribution in [0.25, 0.3) is 33.6 Å². The number of hydrogen-bond acceptors (Lipinski definition) is 6. The lowest BCUT2D eigenvalue weighted by atomic mass is 10.0. The molecule has 0 aliphatic rings. The predicted molar refractivity (Wildman–Crippen MR) is 92.1 cm³/mol. The number of hydrogen-bond donors (Lipinski definition) is 3. The summed E-state index contributed by atoms with van der Waals surface area (Å²) in [5, 5.41) is 0.545. The summed E-state index contributed by atoms with van der Waals surface area (Å²) in [6.45, 7) is 0. The fraction of sp³-hybridized carbons (Fsp3) is 0. The number of H-pyrrole nitrogens is 1. The van der Waals surface area contributed by atoms with E-state index in [0.717, 1.165) is 5.56 Å². The highest BCUT2D eigenvalue weighted by atomic mass is 16.3. The van der Waals surface area contributed by atoms with Gasteiger partial charge in [-0.25, -0.2) is 9.78 Å². The third-order valence-electron chi connectivity index (χ3n) is 3.71. The van der Waals surface area contributed by atoms with E-state index in [1.54, 1.807) is 24.5 Å². The summed E-state index contributed by atoms with van der Waals surface area (Å²) < 4.78 is 5.50. The number of aromatic nitrogens is 3. The van der Waals surface area contributed by atoms with Crippen molar-refractivity contribution in [1.82, 2.24) is 15.0 Å². The number of aromatic amines is 1. The second kappa shape index (κ2) is 5.24. The van der Waals surface area contributed by atoms with Crippen molar-refractivity contribution < 1.29 is 4.42 Å². The molecule has 0 saturated heterocycles. The van der Waals surface area contributed by atoms with Crippen molar-refractivity contribution in [3.05, 3.63) is 59.2 Å². The van der Waals surface area contributed by atoms with Crippen molar-refractivity contribution in [2.24, 2.45) is 0 Å². The minimum absolute atomic E-state index is 0.202. The molecule has 0 spiro atoms. The van der Waals surface area contributed by atoms with Gasteiger partial charge in [0.2, 0.25) is 0 Å². The van der Waals surface area contributed by atoms with Crippen LogP contribution in [-0.4, -0.2) is 15.0 Å². The molecule has 0 saturated carbocycles. The van der Waals surface area contributed by atoms with Crippen LogP contribution in [-0.2, 0) is 0 Å². The van der Waals surface area contributed by atoms with Gasteiger partial charge in [0.05, 0.1) is 17.3 Å². The molecule has 0 aliphatic carbocycles. The smallest absolute Gasteiger partial charge is 0.348 e. The average Bonchev–Trinajstić information content (AvgIpc) is 3.08. The molecule has 4 aromatic rings. The zero-order valence-electron chi connectivity index (χ0n) is 12.5. The molecule has 0 unspecified atom stereocenters. The van der Waals surface area contributed by atoms with Gasteiger partial charge in [-0.3, -0.25) is 4.98 Å². The first-order chi connectivity index (χ1) is 11.6. The van der Waals surface area contributed by atoms with Crippen LogP contribution in [0.4, 0.5) is 11.5 Å². The molecule has 3 heterocycles. The van der Waals surface area contributed by atoms with Gasteiger partial charge in [0.25, 0.3) is 0 Å². The lowest BCUT2D eigenvalue weighted by Crippen LogP contribution is -2.14. The van der Waals surface area contributed by atoms with Gasteiger partial charge in [0, 0.05) is 16.8 Å². The molecule has 24 heavy (non-hydrogen) atoms. The number of anilines is 2. The van der Waals surface area contributed by atoms with E-state index < -0.39 is 5.69 Å². The fourth-order valence-corrected chi connectivity index (χ4v) is 2.61. The van der Waals surface area contributed by atoms with Crippen molar-refractivity contribution in [3.8, 4) is 22.6 Å². The van der Waals surface area contributed by atoms with Crippen molar-refractivity contribution in [3.63, 3.8) is 0 Å². The second-order valence-electron chi connectivity index (χ2n) is 5.31. The van der Waals surface area contributed by atoms with Crippen LogP contribution in [0.2, 0.25) is 0 Å². The van der Waals surface area contributed by atoms with Crippen LogP contribution in [0, 0.1) is 0 Å². The molecule has 0 radical (unpaired) electrons. The number of nitrogens with one attached hydrogen (secondary N) is 1. The summed E-state index contributed by atoms with van der Waals surface area (Å²) in [5.41, 5.74) is 14.3. The Morgan fingerprint density at radius 1 is 1.04 bits per heavy atom. The first-order valence-corrected chi connectivity index (χ1v) is 7.22. The molecule has 3 aromatic heterocycles. The number of rotatable bonds is 2. The van der Waals surface area contributed by atoms with Crippen LogP contribution in [0.3, 0.4) is 0 Å². The summed E-state index contributed by atoms with van der Waals surface area (Å²) >= 11 is 0. The first kappa shape index (κ1) is 14.0. The number of nitrogen functional groups attached to an aromatic ring is 2. The van der Waals surface area contributed by atoms with Crippen LogP contribution in [0.1, 0.15) is 0 Å². The highest BCUT2D eigenvalue weighted by molar-refractivity contribution is 5.99. The van der Waals surface area contributed by atoms with Gasteiger partial charge in [-0.05, 0) is 30.3 Å². The zero-order valence-corrected chi connectivity index (χ0v) is 12.5. The highest BCUT2D eigenvalue weighted by Gasteiger charge is 2.15. The number of fused-ring (bicyclic) bond motifs is 1. The molecular weight excluding hydrogens is 306 g/mol. The summed E-state index contributed by atoms with van der Waals surface area (Å²) in [6.07, 6.45) is 1.57. The van der Waals surface area contributed by atoms with Gasteiger partial charge in [0.1, 0.15) is 11.6 Å². The molecule has 0 atom stereocenters. The van der Waals surface area contributed by atoms with Crippen molar-refractivity contribution in [2.75, 3.05) is 11.5 Å². The largest absolute Gasteiger partial charge is 0.464 e. The van der Waals surface area contributed by atoms with E-state index in [0.29, 0.717) is 28.1 Å². The molecule has 7 nitrogen and oxygen atoms in total. The summed E-state index contributed by atoms with van der Waals surface area (Å²) in [5.74, 6) is 0.812. The maximum Gasteiger partial charge on any atom is 0.348 e. The molecule has 0 bridgehead atoms. The van der Waals surface area contributed by atoms with Crippen LogP contribution >= 0.6 is 0 Å². The monoisotopic (exact) mass is 319 g/mol. The van der Waals surface area contributed by atoms with Gasteiger partial charge in [-0.2, -0.15) is 4.98 Å². The number of pyridine rings is 1. The summed E-state index contributed by atoms with van der Waals surface area (Å²) in [4.78, 5) is 22.6. The van der Waals surface area contributed by atoms with E-state index in [9.17, 15) is 4.79 Å². The highest BCUT2D eigenvalue weighted by Crippen LogP contribution is 2.33. The second-order valence-corrected chi connectivity index (χ2v) is 5.31. The Balaban J connectivity index is 2.07. The number of benzene rings is 1. The van der Waals surface area contributed by atoms with Gasteiger partial charge in [-0.15, -0.1) is 0 Å². The SMILES string of the molecule is Nc1ccc(-c2cc(-c3ccco3)c3c(N)[nH]c(=O)nc3n2)cc1. The number of furan rings is 1. The molecule has 1 aromatic carbocycles. The molecule has 0 fully saturated rings. The Morgan fingerprint density at radius 2 is 1.83 bits per heavy atom. The molecule has 0 amide bonds. The Labute approximate surface area is 136 Å². The van der Waals surface area contributed by atoms with E-state index in [1.165, 1.54) is 0 Å². The van der Waals surface area contributed by atoms with E-state index in [1.807, 2.05) is 24.3 Å². The standard InChI is InChI=1S/C17H13N5O2/c18-10-5-3-9(4-6-10)12-8-11(13-2-1-7-24-13)14-15(19)21-17(23)22-16(14)20-12/h1-8H,18H2,(H3,19,20,21,22,23). The van der Waals surface area contributed by atoms with E-state index >= 15 is 0 Å². The molecular formula is C17H13N5O2. The normalized spacial score (nSPS) is 11.0. The summed E-state index contributed by atoms with van der Waals surface area (Å²) in [7, 11) is 0. The minimum atomic E-state index is -0.549. The quantitative estimate of drug-likeness (QED) is 0.487. The molecule has 5 N–H and O–H groups in total. The van der Waals surface area contributed by atoms with E-state index in [-0.39, 0.29) is 11.5 Å². The maximum absolute atomic E-state index is 11.7. The fourth-order valence-electron chi connectivity index (χ4n) is 2.61. The van der Waals surface area contributed by atoms with Crippen LogP contribution in [0.5, 0.6) is 0 Å². The molecule has 4 rings (SSSR count). The maximum atomic E-state index is 11.7. The van der Waals surface area contributed by atoms with Crippen molar-refractivity contribution in [2.45, 2.75) is 0 Å². The van der Waals surface area contributed by atoms with Gasteiger partial charge >= 0.3 is 5.69 Å². The Hall–Kier alpha value is -3.61. The first-order valence-electron chi connectivity index (χ1n) is 7.22. The van der Waals surface area contributed by atoms with E-state index in [4.69, 9.17) is 15.9 Å². The summed E-state index contributed by atoms with van der Waals surface area (Å²) in [6, 6.07) is 12.7. The Kier molecular flexibility index (Phi) is 3.06. The topological polar surface area (TPSA) is 124 Å². The third-order valence-corrected chi connectivity index (χ3v) is 3.71. The molecule has 7 heteroatoms. The number of nitrogens with zero attached hydrogens (tertiary/aromatic N) is 2. The average molecular weight is 319 g/mol. The van der Waals surface area contributed by atoms with Gasteiger partial charge in [-0.1, -0.05) is 12.1 Å². The van der Waals surface area contributed by atoms with Crippen LogP contribution in [0.15, 0.2) is 57.9 Å². The Morgan fingerprint density at radius 3 is 2.54 bits per heavy atom. The Bertz CT molecular complexity index is 1080. The predicted octanol–water partition coefficient (Wildman–Crippen LogP) is 2.41.